The Morgan fingerprint density at radius 1 is 1.00 bits per heavy atom. The van der Waals surface area contributed by atoms with E-state index >= 15 is 0 Å². The van der Waals surface area contributed by atoms with E-state index in [0.717, 1.165) is 10.0 Å². The third kappa shape index (κ3) is 2.33. The molecule has 0 N–H and O–H groups in total. The van der Waals surface area contributed by atoms with Crippen molar-refractivity contribution >= 4 is 26.0 Å². The van der Waals surface area contributed by atoms with Gasteiger partial charge in [0, 0.05) is 11.0 Å². The van der Waals surface area contributed by atoms with Gasteiger partial charge in [0.25, 0.3) is 0 Å². The lowest BCUT2D eigenvalue weighted by atomic mass is 10.2. The van der Waals surface area contributed by atoms with Gasteiger partial charge in [-0.3, -0.25) is 0 Å². The molecule has 0 aromatic heterocycles. The minimum atomic E-state index is -3.37. The van der Waals surface area contributed by atoms with Crippen LogP contribution in [0.4, 0.5) is 0 Å². The molecule has 1 fully saturated rings. The summed E-state index contributed by atoms with van der Waals surface area (Å²) in [7, 11) is -3.37. The summed E-state index contributed by atoms with van der Waals surface area (Å²) in [5.74, 6) is 0. The molecule has 2 unspecified atom stereocenters. The molecule has 0 bridgehead atoms. The highest BCUT2D eigenvalue weighted by atomic mass is 79.9. The van der Waals surface area contributed by atoms with Crippen LogP contribution >= 0.6 is 15.9 Å². The van der Waals surface area contributed by atoms with Crippen LogP contribution in [0.2, 0.25) is 0 Å². The molecule has 98 valence electrons. The molecule has 3 rings (SSSR count). The number of hydrogen-bond donors (Lipinski definition) is 0. The van der Waals surface area contributed by atoms with Gasteiger partial charge in [0.15, 0.2) is 0 Å². The van der Waals surface area contributed by atoms with E-state index in [-0.39, 0.29) is 6.04 Å². The van der Waals surface area contributed by atoms with Crippen LogP contribution in [-0.2, 0) is 10.0 Å². The molecular weight excluding hydrogens is 326 g/mol. The number of hydrogen-bond acceptors (Lipinski definition) is 2. The van der Waals surface area contributed by atoms with Crippen LogP contribution in [-0.4, -0.2) is 19.3 Å². The average Bonchev–Trinajstić information content (AvgIpc) is 3.21. The molecule has 1 heterocycles. The molecule has 1 aliphatic heterocycles. The summed E-state index contributed by atoms with van der Waals surface area (Å²) in [5, 5.41) is 0. The van der Waals surface area contributed by atoms with Crippen molar-refractivity contribution in [3.05, 3.63) is 64.6 Å². The molecule has 0 aliphatic carbocycles. The van der Waals surface area contributed by atoms with Gasteiger partial charge in [-0.25, -0.2) is 8.42 Å². The third-order valence-corrected chi connectivity index (χ3v) is 5.79. The van der Waals surface area contributed by atoms with Crippen molar-refractivity contribution in [3.63, 3.8) is 0 Å². The Kier molecular flexibility index (Phi) is 3.20. The zero-order valence-electron chi connectivity index (χ0n) is 10.0. The van der Waals surface area contributed by atoms with Gasteiger partial charge in [-0.05, 0) is 23.8 Å². The van der Waals surface area contributed by atoms with E-state index < -0.39 is 10.0 Å². The average molecular weight is 338 g/mol. The molecule has 0 spiro atoms. The first kappa shape index (κ1) is 12.8. The predicted octanol–water partition coefficient (Wildman–Crippen LogP) is 3.19. The highest BCUT2D eigenvalue weighted by Crippen LogP contribution is 2.42. The smallest absolute Gasteiger partial charge is 0.207 e. The Morgan fingerprint density at radius 3 is 2.32 bits per heavy atom. The van der Waals surface area contributed by atoms with Crippen molar-refractivity contribution in [3.8, 4) is 0 Å². The number of sulfonamides is 1. The van der Waals surface area contributed by atoms with Crippen LogP contribution in [0.1, 0.15) is 11.6 Å². The van der Waals surface area contributed by atoms with E-state index in [9.17, 15) is 8.42 Å². The second-order valence-corrected chi connectivity index (χ2v) is 7.17. The summed E-state index contributed by atoms with van der Waals surface area (Å²) in [4.78, 5) is 0.351. The molecule has 2 atom stereocenters. The zero-order chi connectivity index (χ0) is 13.5. The largest absolute Gasteiger partial charge is 0.243 e. The minimum absolute atomic E-state index is 0.0548. The van der Waals surface area contributed by atoms with E-state index in [1.807, 2.05) is 30.3 Å². The second-order valence-electron chi connectivity index (χ2n) is 4.43. The van der Waals surface area contributed by atoms with Gasteiger partial charge in [-0.2, -0.15) is 4.31 Å². The lowest BCUT2D eigenvalue weighted by molar-refractivity contribution is 0.554. The summed E-state index contributed by atoms with van der Waals surface area (Å²) >= 11 is 3.47. The maximum absolute atomic E-state index is 12.4. The third-order valence-electron chi connectivity index (χ3n) is 3.18. The minimum Gasteiger partial charge on any atom is -0.207 e. The molecule has 0 radical (unpaired) electrons. The Hall–Kier alpha value is -1.17. The molecule has 5 heteroatoms. The number of halogens is 1. The monoisotopic (exact) mass is 337 g/mol. The van der Waals surface area contributed by atoms with Crippen LogP contribution in [0.5, 0.6) is 0 Å². The van der Waals surface area contributed by atoms with Crippen LogP contribution in [0.15, 0.2) is 64.0 Å². The van der Waals surface area contributed by atoms with Crippen LogP contribution in [0, 0.1) is 0 Å². The van der Waals surface area contributed by atoms with Gasteiger partial charge in [0.05, 0.1) is 10.9 Å². The maximum Gasteiger partial charge on any atom is 0.243 e. The van der Waals surface area contributed by atoms with Gasteiger partial charge in [-0.1, -0.05) is 52.3 Å². The molecule has 2 aromatic carbocycles. The van der Waals surface area contributed by atoms with Crippen molar-refractivity contribution in [2.45, 2.75) is 10.9 Å². The van der Waals surface area contributed by atoms with E-state index in [2.05, 4.69) is 15.9 Å². The first-order valence-electron chi connectivity index (χ1n) is 5.92. The zero-order valence-corrected chi connectivity index (χ0v) is 12.4. The molecule has 19 heavy (non-hydrogen) atoms. The first-order chi connectivity index (χ1) is 9.10. The van der Waals surface area contributed by atoms with E-state index in [1.165, 1.54) is 4.31 Å². The summed E-state index contributed by atoms with van der Waals surface area (Å²) in [6, 6.07) is 16.2. The fourth-order valence-electron chi connectivity index (χ4n) is 2.12. The fourth-order valence-corrected chi connectivity index (χ4v) is 4.22. The van der Waals surface area contributed by atoms with Crippen LogP contribution in [0.3, 0.4) is 0 Å². The summed E-state index contributed by atoms with van der Waals surface area (Å²) in [6.07, 6.45) is 0. The summed E-state index contributed by atoms with van der Waals surface area (Å²) in [6.45, 7) is 0.542. The Labute approximate surface area is 121 Å². The topological polar surface area (TPSA) is 37.1 Å². The summed E-state index contributed by atoms with van der Waals surface area (Å²) in [5.41, 5.74) is 1.02. The molecular formula is C14H12BrNO2S. The second kappa shape index (κ2) is 4.74. The highest BCUT2D eigenvalue weighted by Gasteiger charge is 2.46. The molecule has 0 saturated carbocycles. The van der Waals surface area contributed by atoms with Crippen molar-refractivity contribution in [2.75, 3.05) is 6.54 Å². The van der Waals surface area contributed by atoms with Gasteiger partial charge < -0.3 is 0 Å². The number of benzene rings is 2. The predicted molar refractivity (Wildman–Crippen MR) is 77.2 cm³/mol. The lowest BCUT2D eigenvalue weighted by Gasteiger charge is -2.07. The number of rotatable bonds is 3. The standard InChI is InChI=1S/C14H12BrNO2S/c15-13-9-5-4-8-12(13)14-10-16(14)19(17,18)11-6-2-1-3-7-11/h1-9,14H,10H2. The van der Waals surface area contributed by atoms with Gasteiger partial charge in [0.2, 0.25) is 10.0 Å². The normalized spacial score (nSPS) is 22.2. The van der Waals surface area contributed by atoms with Crippen LogP contribution in [0.25, 0.3) is 0 Å². The first-order valence-corrected chi connectivity index (χ1v) is 8.15. The Morgan fingerprint density at radius 2 is 1.63 bits per heavy atom. The Bertz CT molecular complexity index is 700. The highest BCUT2D eigenvalue weighted by molar-refractivity contribution is 9.10. The fraction of sp³-hybridized carbons (Fsp3) is 0.143. The van der Waals surface area contributed by atoms with Crippen molar-refractivity contribution in [1.82, 2.24) is 4.31 Å². The van der Waals surface area contributed by atoms with E-state index in [0.29, 0.717) is 11.4 Å². The van der Waals surface area contributed by atoms with Gasteiger partial charge in [-0.15, -0.1) is 0 Å². The molecule has 1 aliphatic rings. The SMILES string of the molecule is O=S(=O)(c1ccccc1)N1CC1c1ccccc1Br. The van der Waals surface area contributed by atoms with Crippen LogP contribution < -0.4 is 0 Å². The van der Waals surface area contributed by atoms with E-state index in [1.54, 1.807) is 24.3 Å². The van der Waals surface area contributed by atoms with E-state index in [4.69, 9.17) is 0 Å². The summed E-state index contributed by atoms with van der Waals surface area (Å²) < 4.78 is 27.3. The molecule has 1 saturated heterocycles. The van der Waals surface area contributed by atoms with Crippen molar-refractivity contribution in [2.24, 2.45) is 0 Å². The van der Waals surface area contributed by atoms with Crippen molar-refractivity contribution < 1.29 is 8.42 Å². The Balaban J connectivity index is 1.90. The van der Waals surface area contributed by atoms with Gasteiger partial charge >= 0.3 is 0 Å². The van der Waals surface area contributed by atoms with Gasteiger partial charge in [0.1, 0.15) is 0 Å². The lowest BCUT2D eigenvalue weighted by Crippen LogP contribution is -2.12. The number of nitrogens with zero attached hydrogens (tertiary/aromatic N) is 1. The molecule has 2 aromatic rings. The quantitative estimate of drug-likeness (QED) is 0.806. The molecule has 0 amide bonds. The maximum atomic E-state index is 12.4. The van der Waals surface area contributed by atoms with Crippen molar-refractivity contribution in [1.29, 1.82) is 0 Å². The molecule has 3 nitrogen and oxygen atoms in total.